The Hall–Kier alpha value is -1.56. The van der Waals surface area contributed by atoms with Crippen LogP contribution in [0.1, 0.15) is 25.8 Å². The van der Waals surface area contributed by atoms with Crippen molar-refractivity contribution >= 4 is 0 Å². The van der Waals surface area contributed by atoms with Crippen LogP contribution >= 0.6 is 0 Å². The third-order valence-electron chi connectivity index (χ3n) is 2.52. The Kier molecular flexibility index (Phi) is 6.81. The number of hydrogen-bond donors (Lipinski definition) is 0. The first-order valence-corrected chi connectivity index (χ1v) is 6.33. The highest BCUT2D eigenvalue weighted by molar-refractivity contribution is 5.14. The van der Waals surface area contributed by atoms with E-state index in [0.29, 0.717) is 0 Å². The first kappa shape index (κ1) is 13.5. The number of benzene rings is 2. The van der Waals surface area contributed by atoms with Crippen molar-refractivity contribution in [2.24, 2.45) is 5.92 Å². The van der Waals surface area contributed by atoms with Gasteiger partial charge >= 0.3 is 0 Å². The van der Waals surface area contributed by atoms with Gasteiger partial charge in [-0.15, -0.1) is 0 Å². The average Bonchev–Trinajstić information content (AvgIpc) is 2.40. The molecular weight excluding hydrogens is 204 g/mol. The summed E-state index contributed by atoms with van der Waals surface area (Å²) in [4.78, 5) is 0. The second-order valence-corrected chi connectivity index (χ2v) is 4.57. The Labute approximate surface area is 105 Å². The average molecular weight is 226 g/mol. The molecular formula is C17H22. The van der Waals surface area contributed by atoms with E-state index in [1.807, 2.05) is 36.4 Å². The summed E-state index contributed by atoms with van der Waals surface area (Å²) in [5.41, 5.74) is 1.46. The van der Waals surface area contributed by atoms with Crippen LogP contribution in [0, 0.1) is 5.92 Å². The summed E-state index contributed by atoms with van der Waals surface area (Å²) in [5.74, 6) is 0.815. The fraction of sp³-hybridized carbons (Fsp3) is 0.294. The van der Waals surface area contributed by atoms with Gasteiger partial charge in [0.2, 0.25) is 0 Å². The largest absolute Gasteiger partial charge is 0.0628 e. The van der Waals surface area contributed by atoms with E-state index in [-0.39, 0.29) is 0 Å². The smallest absolute Gasteiger partial charge is 0.0276 e. The molecule has 0 aliphatic rings. The quantitative estimate of drug-likeness (QED) is 0.693. The molecule has 0 heteroatoms. The van der Waals surface area contributed by atoms with Crippen LogP contribution in [0.4, 0.5) is 0 Å². The van der Waals surface area contributed by atoms with Gasteiger partial charge in [0.15, 0.2) is 0 Å². The predicted molar refractivity (Wildman–Crippen MR) is 76.0 cm³/mol. The highest BCUT2D eigenvalue weighted by atomic mass is 14.0. The Morgan fingerprint density at radius 1 is 0.706 bits per heavy atom. The van der Waals surface area contributed by atoms with Gasteiger partial charge in [0.25, 0.3) is 0 Å². The van der Waals surface area contributed by atoms with Gasteiger partial charge in [0, 0.05) is 0 Å². The van der Waals surface area contributed by atoms with Crippen molar-refractivity contribution in [3.8, 4) is 0 Å². The van der Waals surface area contributed by atoms with E-state index in [1.54, 1.807) is 0 Å². The number of hydrogen-bond acceptors (Lipinski definition) is 0. The molecule has 2 rings (SSSR count). The fourth-order valence-electron chi connectivity index (χ4n) is 1.48. The number of rotatable bonds is 3. The summed E-state index contributed by atoms with van der Waals surface area (Å²) in [6.07, 6.45) is 2.52. The Morgan fingerprint density at radius 2 is 1.12 bits per heavy atom. The minimum atomic E-state index is 0.815. The highest BCUT2D eigenvalue weighted by Crippen LogP contribution is 2.07. The fourth-order valence-corrected chi connectivity index (χ4v) is 1.48. The molecule has 0 saturated heterocycles. The minimum Gasteiger partial charge on any atom is -0.0628 e. The molecule has 2 aromatic carbocycles. The van der Waals surface area contributed by atoms with Crippen molar-refractivity contribution < 1.29 is 0 Å². The summed E-state index contributed by atoms with van der Waals surface area (Å²) in [5, 5.41) is 0. The molecule has 0 spiro atoms. The lowest BCUT2D eigenvalue weighted by Crippen LogP contribution is -1.91. The Bertz CT molecular complexity index is 335. The van der Waals surface area contributed by atoms with Gasteiger partial charge in [0.05, 0.1) is 0 Å². The van der Waals surface area contributed by atoms with E-state index in [1.165, 1.54) is 18.4 Å². The van der Waals surface area contributed by atoms with Crippen molar-refractivity contribution in [2.75, 3.05) is 0 Å². The molecule has 0 aliphatic heterocycles. The zero-order valence-electron chi connectivity index (χ0n) is 10.8. The van der Waals surface area contributed by atoms with Crippen LogP contribution < -0.4 is 0 Å². The van der Waals surface area contributed by atoms with Crippen LogP contribution in [0.2, 0.25) is 0 Å². The maximum atomic E-state index is 2.27. The van der Waals surface area contributed by atoms with Crippen LogP contribution in [0.5, 0.6) is 0 Å². The molecule has 0 bridgehead atoms. The summed E-state index contributed by atoms with van der Waals surface area (Å²) in [6, 6.07) is 22.7. The third kappa shape index (κ3) is 7.35. The zero-order valence-corrected chi connectivity index (χ0v) is 10.8. The molecule has 17 heavy (non-hydrogen) atoms. The normalized spacial score (nSPS) is 9.59. The van der Waals surface area contributed by atoms with Gasteiger partial charge in [-0.05, 0) is 24.3 Å². The highest BCUT2D eigenvalue weighted by Gasteiger charge is 1.94. The molecule has 0 heterocycles. The SMILES string of the molecule is CC(C)CCc1ccccc1.c1ccccc1. The monoisotopic (exact) mass is 226 g/mol. The Morgan fingerprint density at radius 3 is 1.53 bits per heavy atom. The predicted octanol–water partition coefficient (Wildman–Crippen LogP) is 4.96. The lowest BCUT2D eigenvalue weighted by molar-refractivity contribution is 0.587. The zero-order chi connectivity index (χ0) is 12.3. The molecule has 0 aliphatic carbocycles. The molecule has 0 nitrogen and oxygen atoms in total. The van der Waals surface area contributed by atoms with Gasteiger partial charge in [0.1, 0.15) is 0 Å². The van der Waals surface area contributed by atoms with E-state index in [2.05, 4.69) is 44.2 Å². The van der Waals surface area contributed by atoms with E-state index in [4.69, 9.17) is 0 Å². The van der Waals surface area contributed by atoms with Crippen molar-refractivity contribution in [3.63, 3.8) is 0 Å². The summed E-state index contributed by atoms with van der Waals surface area (Å²) in [7, 11) is 0. The van der Waals surface area contributed by atoms with Crippen molar-refractivity contribution in [1.82, 2.24) is 0 Å². The molecule has 0 unspecified atom stereocenters. The number of aryl methyl sites for hydroxylation is 1. The van der Waals surface area contributed by atoms with Crippen molar-refractivity contribution in [1.29, 1.82) is 0 Å². The summed E-state index contributed by atoms with van der Waals surface area (Å²) >= 11 is 0. The molecule has 0 fully saturated rings. The topological polar surface area (TPSA) is 0 Å². The summed E-state index contributed by atoms with van der Waals surface area (Å²) in [6.45, 7) is 4.53. The van der Waals surface area contributed by atoms with Crippen LogP contribution in [0.15, 0.2) is 66.7 Å². The molecule has 90 valence electrons. The molecule has 0 atom stereocenters. The van der Waals surface area contributed by atoms with Crippen LogP contribution in [-0.4, -0.2) is 0 Å². The first-order chi connectivity index (χ1) is 8.29. The summed E-state index contributed by atoms with van der Waals surface area (Å²) < 4.78 is 0. The molecule has 0 aromatic heterocycles. The van der Waals surface area contributed by atoms with E-state index in [9.17, 15) is 0 Å². The van der Waals surface area contributed by atoms with Crippen LogP contribution in [-0.2, 0) is 6.42 Å². The minimum absolute atomic E-state index is 0.815. The third-order valence-corrected chi connectivity index (χ3v) is 2.52. The lowest BCUT2D eigenvalue weighted by atomic mass is 10.0. The molecule has 2 aromatic rings. The van der Waals surface area contributed by atoms with Gasteiger partial charge in [-0.1, -0.05) is 80.6 Å². The van der Waals surface area contributed by atoms with E-state index in [0.717, 1.165) is 5.92 Å². The second-order valence-electron chi connectivity index (χ2n) is 4.57. The molecule has 0 N–H and O–H groups in total. The second kappa shape index (κ2) is 8.58. The molecule has 0 radical (unpaired) electrons. The van der Waals surface area contributed by atoms with E-state index >= 15 is 0 Å². The van der Waals surface area contributed by atoms with Gasteiger partial charge in [-0.25, -0.2) is 0 Å². The maximum absolute atomic E-state index is 2.27. The van der Waals surface area contributed by atoms with Crippen LogP contribution in [0.25, 0.3) is 0 Å². The first-order valence-electron chi connectivity index (χ1n) is 6.33. The molecule has 0 amide bonds. The molecule has 0 saturated carbocycles. The van der Waals surface area contributed by atoms with E-state index < -0.39 is 0 Å². The maximum Gasteiger partial charge on any atom is -0.0276 e. The van der Waals surface area contributed by atoms with Gasteiger partial charge < -0.3 is 0 Å². The van der Waals surface area contributed by atoms with Gasteiger partial charge in [-0.2, -0.15) is 0 Å². The lowest BCUT2D eigenvalue weighted by Gasteiger charge is -2.03. The van der Waals surface area contributed by atoms with Crippen molar-refractivity contribution in [2.45, 2.75) is 26.7 Å². The van der Waals surface area contributed by atoms with Gasteiger partial charge in [-0.3, -0.25) is 0 Å². The van der Waals surface area contributed by atoms with Crippen LogP contribution in [0.3, 0.4) is 0 Å². The Balaban J connectivity index is 0.000000202. The van der Waals surface area contributed by atoms with Crippen molar-refractivity contribution in [3.05, 3.63) is 72.3 Å². The standard InChI is InChI=1S/C11H16.C6H6/c1-10(2)8-9-11-6-4-3-5-7-11;1-2-4-6-5-3-1/h3-7,10H,8-9H2,1-2H3;1-6H.